The van der Waals surface area contributed by atoms with Crippen LogP contribution in [0.3, 0.4) is 0 Å². The number of hydrogen-bond acceptors (Lipinski definition) is 3. The van der Waals surface area contributed by atoms with E-state index in [1.165, 1.54) is 48.2 Å². The van der Waals surface area contributed by atoms with Gasteiger partial charge in [-0.25, -0.2) is 12.7 Å². The van der Waals surface area contributed by atoms with E-state index in [4.69, 9.17) is 0 Å². The third-order valence-corrected chi connectivity index (χ3v) is 6.32. The van der Waals surface area contributed by atoms with Gasteiger partial charge in [0.05, 0.1) is 6.26 Å². The minimum atomic E-state index is -3.16. The lowest BCUT2D eigenvalue weighted by molar-refractivity contribution is 0.0952. The smallest absolute Gasteiger partial charge is 0.251 e. The first-order chi connectivity index (χ1) is 11.9. The van der Waals surface area contributed by atoms with Crippen LogP contribution < -0.4 is 5.32 Å². The average molecular weight is 367 g/mol. The predicted octanol–water partition coefficient (Wildman–Crippen LogP) is 3.14. The third-order valence-electron chi connectivity index (χ3n) is 4.94. The van der Waals surface area contributed by atoms with Gasteiger partial charge in [0.2, 0.25) is 10.0 Å². The van der Waals surface area contributed by atoms with E-state index in [0.717, 1.165) is 0 Å². The zero-order valence-corrected chi connectivity index (χ0v) is 16.1. The van der Waals surface area contributed by atoms with Crippen molar-refractivity contribution in [2.24, 2.45) is 0 Å². The maximum Gasteiger partial charge on any atom is 0.251 e. The first-order valence-corrected chi connectivity index (χ1v) is 11.1. The monoisotopic (exact) mass is 366 g/mol. The zero-order chi connectivity index (χ0) is 18.3. The Morgan fingerprint density at radius 1 is 1.16 bits per heavy atom. The lowest BCUT2D eigenvalue weighted by atomic mass is 9.84. The SMILES string of the molecule is CCN(CCCNC(=O)c1ccc(C2CCCCC2)cc1)S(C)(=O)=O. The predicted molar refractivity (Wildman–Crippen MR) is 101 cm³/mol. The van der Waals surface area contributed by atoms with E-state index in [-0.39, 0.29) is 5.91 Å². The molecule has 140 valence electrons. The lowest BCUT2D eigenvalue weighted by Gasteiger charge is -2.22. The molecule has 0 heterocycles. The van der Waals surface area contributed by atoms with Crippen molar-refractivity contribution < 1.29 is 13.2 Å². The minimum absolute atomic E-state index is 0.0994. The highest BCUT2D eigenvalue weighted by molar-refractivity contribution is 7.88. The van der Waals surface area contributed by atoms with Crippen molar-refractivity contribution in [1.29, 1.82) is 0 Å². The average Bonchev–Trinajstić information content (AvgIpc) is 2.61. The summed E-state index contributed by atoms with van der Waals surface area (Å²) >= 11 is 0. The molecule has 1 aromatic rings. The molecule has 1 amide bonds. The van der Waals surface area contributed by atoms with Crippen molar-refractivity contribution in [2.45, 2.75) is 51.4 Å². The van der Waals surface area contributed by atoms with Gasteiger partial charge in [-0.1, -0.05) is 38.3 Å². The van der Waals surface area contributed by atoms with E-state index in [9.17, 15) is 13.2 Å². The summed E-state index contributed by atoms with van der Waals surface area (Å²) < 4.78 is 24.4. The van der Waals surface area contributed by atoms with E-state index in [0.29, 0.717) is 37.5 Å². The van der Waals surface area contributed by atoms with E-state index in [1.54, 1.807) is 0 Å². The standard InChI is InChI=1S/C19H30N2O3S/c1-3-21(25(2,23)24)15-7-14-20-19(22)18-12-10-17(11-13-18)16-8-5-4-6-9-16/h10-13,16H,3-9,14-15H2,1-2H3,(H,20,22). The molecule has 2 rings (SSSR count). The summed E-state index contributed by atoms with van der Waals surface area (Å²) in [5.41, 5.74) is 2.00. The number of sulfonamides is 1. The Labute approximate surface area is 151 Å². The molecular formula is C19H30N2O3S. The Morgan fingerprint density at radius 2 is 1.80 bits per heavy atom. The maximum atomic E-state index is 12.2. The summed E-state index contributed by atoms with van der Waals surface area (Å²) in [6, 6.07) is 7.95. The molecule has 0 aromatic heterocycles. The highest BCUT2D eigenvalue weighted by Crippen LogP contribution is 2.32. The fourth-order valence-electron chi connectivity index (χ4n) is 3.46. The molecule has 25 heavy (non-hydrogen) atoms. The molecule has 0 bridgehead atoms. The van der Waals surface area contributed by atoms with Gasteiger partial charge in [-0.2, -0.15) is 0 Å². The summed E-state index contributed by atoms with van der Waals surface area (Å²) in [7, 11) is -3.16. The Bertz CT molecular complexity index is 650. The van der Waals surface area contributed by atoms with Crippen LogP contribution in [-0.4, -0.2) is 44.5 Å². The molecule has 0 radical (unpaired) electrons. The molecule has 6 heteroatoms. The molecule has 0 spiro atoms. The van der Waals surface area contributed by atoms with Crippen LogP contribution >= 0.6 is 0 Å². The summed E-state index contributed by atoms with van der Waals surface area (Å²) in [5.74, 6) is 0.541. The Kier molecular flexibility index (Phi) is 7.44. The topological polar surface area (TPSA) is 66.5 Å². The van der Waals surface area contributed by atoms with Crippen LogP contribution in [0.5, 0.6) is 0 Å². The highest BCUT2D eigenvalue weighted by atomic mass is 32.2. The van der Waals surface area contributed by atoms with E-state index >= 15 is 0 Å². The summed E-state index contributed by atoms with van der Waals surface area (Å²) in [6.45, 7) is 3.16. The molecule has 0 unspecified atom stereocenters. The molecule has 1 N–H and O–H groups in total. The zero-order valence-electron chi connectivity index (χ0n) is 15.3. The van der Waals surface area contributed by atoms with Crippen LogP contribution in [-0.2, 0) is 10.0 Å². The van der Waals surface area contributed by atoms with Gasteiger partial charge in [0.25, 0.3) is 5.91 Å². The van der Waals surface area contributed by atoms with Gasteiger partial charge in [-0.15, -0.1) is 0 Å². The molecule has 1 saturated carbocycles. The first kappa shape index (κ1) is 19.9. The van der Waals surface area contributed by atoms with Crippen molar-refractivity contribution in [3.05, 3.63) is 35.4 Å². The van der Waals surface area contributed by atoms with Crippen LogP contribution in [0.4, 0.5) is 0 Å². The van der Waals surface area contributed by atoms with Crippen LogP contribution in [0.2, 0.25) is 0 Å². The lowest BCUT2D eigenvalue weighted by Crippen LogP contribution is -2.33. The number of amides is 1. The van der Waals surface area contributed by atoms with E-state index in [1.807, 2.05) is 19.1 Å². The number of carbonyl (C=O) groups excluding carboxylic acids is 1. The molecule has 0 atom stereocenters. The molecule has 1 aromatic carbocycles. The van der Waals surface area contributed by atoms with Crippen molar-refractivity contribution in [1.82, 2.24) is 9.62 Å². The maximum absolute atomic E-state index is 12.2. The molecule has 5 nitrogen and oxygen atoms in total. The fraction of sp³-hybridized carbons (Fsp3) is 0.632. The number of rotatable bonds is 8. The third kappa shape index (κ3) is 6.12. The van der Waals surface area contributed by atoms with Gasteiger partial charge in [-0.3, -0.25) is 4.79 Å². The van der Waals surface area contributed by atoms with Gasteiger partial charge < -0.3 is 5.32 Å². The second-order valence-electron chi connectivity index (χ2n) is 6.82. The summed E-state index contributed by atoms with van der Waals surface area (Å²) in [5, 5.41) is 2.87. The van der Waals surface area contributed by atoms with Crippen LogP contribution in [0.15, 0.2) is 24.3 Å². The number of carbonyl (C=O) groups is 1. The first-order valence-electron chi connectivity index (χ1n) is 9.25. The van der Waals surface area contributed by atoms with Crippen molar-refractivity contribution in [3.8, 4) is 0 Å². The van der Waals surface area contributed by atoms with Crippen LogP contribution in [0, 0.1) is 0 Å². The molecule has 0 saturated heterocycles. The van der Waals surface area contributed by atoms with Gasteiger partial charge in [-0.05, 0) is 42.9 Å². The Hall–Kier alpha value is -1.40. The van der Waals surface area contributed by atoms with Gasteiger partial charge in [0.1, 0.15) is 0 Å². The highest BCUT2D eigenvalue weighted by Gasteiger charge is 2.16. The number of nitrogens with one attached hydrogen (secondary N) is 1. The Balaban J connectivity index is 1.79. The van der Waals surface area contributed by atoms with Gasteiger partial charge in [0, 0.05) is 25.2 Å². The van der Waals surface area contributed by atoms with Crippen LogP contribution in [0.25, 0.3) is 0 Å². The molecule has 1 aliphatic rings. The van der Waals surface area contributed by atoms with E-state index < -0.39 is 10.0 Å². The summed E-state index contributed by atoms with van der Waals surface area (Å²) in [6.07, 6.45) is 8.26. The van der Waals surface area contributed by atoms with Gasteiger partial charge >= 0.3 is 0 Å². The second kappa shape index (κ2) is 9.34. The minimum Gasteiger partial charge on any atom is -0.352 e. The van der Waals surface area contributed by atoms with Crippen molar-refractivity contribution in [2.75, 3.05) is 25.9 Å². The number of hydrogen-bond donors (Lipinski definition) is 1. The number of nitrogens with zero attached hydrogens (tertiary/aromatic N) is 1. The molecule has 1 fully saturated rings. The van der Waals surface area contributed by atoms with E-state index in [2.05, 4.69) is 17.4 Å². The van der Waals surface area contributed by atoms with Gasteiger partial charge in [0.15, 0.2) is 0 Å². The second-order valence-corrected chi connectivity index (χ2v) is 8.80. The van der Waals surface area contributed by atoms with Crippen molar-refractivity contribution in [3.63, 3.8) is 0 Å². The fourth-order valence-corrected chi connectivity index (χ4v) is 4.39. The molecular weight excluding hydrogens is 336 g/mol. The van der Waals surface area contributed by atoms with Crippen molar-refractivity contribution >= 4 is 15.9 Å². The Morgan fingerprint density at radius 3 is 2.36 bits per heavy atom. The largest absolute Gasteiger partial charge is 0.352 e. The quantitative estimate of drug-likeness (QED) is 0.719. The van der Waals surface area contributed by atoms with Crippen LogP contribution in [0.1, 0.15) is 67.3 Å². The summed E-state index contributed by atoms with van der Waals surface area (Å²) in [4.78, 5) is 12.2. The molecule has 0 aliphatic heterocycles. The molecule has 1 aliphatic carbocycles. The number of benzene rings is 1. The normalized spacial score (nSPS) is 16.1.